The predicted molar refractivity (Wildman–Crippen MR) is 86.0 cm³/mol. The molecule has 3 nitrogen and oxygen atoms in total. The molecule has 3 rings (SSSR count). The van der Waals surface area contributed by atoms with Crippen molar-refractivity contribution in [1.82, 2.24) is 4.90 Å². The lowest BCUT2D eigenvalue weighted by atomic mass is 10.0. The molecule has 1 amide bonds. The molecule has 0 unspecified atom stereocenters. The number of nitrogens with zero attached hydrogens (tertiary/aromatic N) is 2. The lowest BCUT2D eigenvalue weighted by Gasteiger charge is -2.26. The summed E-state index contributed by atoms with van der Waals surface area (Å²) in [6.45, 7) is 0.405. The quantitative estimate of drug-likeness (QED) is 0.844. The molecule has 2 aromatic rings. The van der Waals surface area contributed by atoms with E-state index in [0.717, 1.165) is 24.2 Å². The number of amides is 1. The van der Waals surface area contributed by atoms with Gasteiger partial charge < -0.3 is 4.90 Å². The normalized spacial score (nSPS) is 13.6. The van der Waals surface area contributed by atoms with Crippen molar-refractivity contribution in [3.8, 4) is 0 Å². The third-order valence-corrected chi connectivity index (χ3v) is 3.83. The lowest BCUT2D eigenvalue weighted by molar-refractivity contribution is -0.118. The number of fused-ring (bicyclic) bond motifs is 2. The van der Waals surface area contributed by atoms with Crippen LogP contribution in [0.25, 0.3) is 0 Å². The number of anilines is 2. The van der Waals surface area contributed by atoms with Gasteiger partial charge >= 0.3 is 0 Å². The first-order chi connectivity index (χ1) is 10.2. The molecular formula is C18H20N2O. The molecule has 0 spiro atoms. The van der Waals surface area contributed by atoms with Crippen LogP contribution in [0.4, 0.5) is 11.4 Å². The molecule has 0 saturated carbocycles. The highest BCUT2D eigenvalue weighted by atomic mass is 16.2. The van der Waals surface area contributed by atoms with Gasteiger partial charge in [0.1, 0.15) is 0 Å². The van der Waals surface area contributed by atoms with Gasteiger partial charge in [-0.25, -0.2) is 0 Å². The van der Waals surface area contributed by atoms with E-state index in [-0.39, 0.29) is 5.91 Å². The van der Waals surface area contributed by atoms with Gasteiger partial charge in [0, 0.05) is 0 Å². The molecule has 0 aromatic heterocycles. The number of carbonyl (C=O) groups is 1. The fraction of sp³-hybridized carbons (Fsp3) is 0.278. The summed E-state index contributed by atoms with van der Waals surface area (Å²) in [7, 11) is 3.85. The highest BCUT2D eigenvalue weighted by Gasteiger charge is 2.25. The van der Waals surface area contributed by atoms with Gasteiger partial charge in [0.25, 0.3) is 0 Å². The van der Waals surface area contributed by atoms with Crippen LogP contribution in [0.2, 0.25) is 0 Å². The van der Waals surface area contributed by atoms with Crippen molar-refractivity contribution in [2.45, 2.75) is 12.8 Å². The van der Waals surface area contributed by atoms with Crippen molar-refractivity contribution in [1.29, 1.82) is 0 Å². The maximum Gasteiger partial charge on any atom is 0.245 e. The summed E-state index contributed by atoms with van der Waals surface area (Å²) >= 11 is 0. The Kier molecular flexibility index (Phi) is 3.76. The zero-order valence-electron chi connectivity index (χ0n) is 12.5. The Labute approximate surface area is 125 Å². The minimum absolute atomic E-state index is 0.113. The van der Waals surface area contributed by atoms with Gasteiger partial charge in [-0.1, -0.05) is 36.4 Å². The van der Waals surface area contributed by atoms with Crippen LogP contribution >= 0.6 is 0 Å². The summed E-state index contributed by atoms with van der Waals surface area (Å²) in [5.74, 6) is 0.113. The van der Waals surface area contributed by atoms with E-state index in [1.807, 2.05) is 60.3 Å². The summed E-state index contributed by atoms with van der Waals surface area (Å²) < 4.78 is 0. The highest BCUT2D eigenvalue weighted by Crippen LogP contribution is 2.35. The minimum Gasteiger partial charge on any atom is -0.301 e. The fourth-order valence-electron chi connectivity index (χ4n) is 2.89. The van der Waals surface area contributed by atoms with E-state index in [0.29, 0.717) is 6.54 Å². The monoisotopic (exact) mass is 280 g/mol. The van der Waals surface area contributed by atoms with E-state index >= 15 is 0 Å². The van der Waals surface area contributed by atoms with Crippen molar-refractivity contribution in [2.75, 3.05) is 25.5 Å². The molecule has 0 fully saturated rings. The van der Waals surface area contributed by atoms with Crippen LogP contribution in [0.5, 0.6) is 0 Å². The SMILES string of the molecule is CN(C)CC(=O)N1c2ccccc2CCc2ccccc21. The average Bonchev–Trinajstić information content (AvgIpc) is 2.63. The molecule has 21 heavy (non-hydrogen) atoms. The van der Waals surface area contributed by atoms with E-state index in [4.69, 9.17) is 0 Å². The summed E-state index contributed by atoms with van der Waals surface area (Å²) in [4.78, 5) is 16.6. The van der Waals surface area contributed by atoms with Crippen molar-refractivity contribution < 1.29 is 4.79 Å². The fourth-order valence-corrected chi connectivity index (χ4v) is 2.89. The Morgan fingerprint density at radius 2 is 1.43 bits per heavy atom. The zero-order valence-corrected chi connectivity index (χ0v) is 12.5. The molecule has 0 saturated heterocycles. The maximum absolute atomic E-state index is 12.8. The van der Waals surface area contributed by atoms with Crippen LogP contribution in [0.3, 0.4) is 0 Å². The third kappa shape index (κ3) is 2.69. The van der Waals surface area contributed by atoms with Crippen LogP contribution in [-0.4, -0.2) is 31.4 Å². The van der Waals surface area contributed by atoms with Crippen LogP contribution in [0.15, 0.2) is 48.5 Å². The highest BCUT2D eigenvalue weighted by molar-refractivity contribution is 6.03. The Bertz CT molecular complexity index is 616. The van der Waals surface area contributed by atoms with Gasteiger partial charge in [-0.05, 0) is 50.2 Å². The van der Waals surface area contributed by atoms with Gasteiger partial charge in [-0.2, -0.15) is 0 Å². The maximum atomic E-state index is 12.8. The van der Waals surface area contributed by atoms with Gasteiger partial charge in [0.2, 0.25) is 5.91 Å². The molecule has 0 N–H and O–H groups in total. The number of carbonyl (C=O) groups excluding carboxylic acids is 1. The minimum atomic E-state index is 0.113. The molecule has 1 aliphatic heterocycles. The van der Waals surface area contributed by atoms with Gasteiger partial charge in [0.15, 0.2) is 0 Å². The molecule has 0 atom stereocenters. The summed E-state index contributed by atoms with van der Waals surface area (Å²) in [6.07, 6.45) is 1.94. The molecule has 1 heterocycles. The summed E-state index contributed by atoms with van der Waals surface area (Å²) in [5.41, 5.74) is 4.52. The number of rotatable bonds is 2. The first-order valence-electron chi connectivity index (χ1n) is 7.30. The molecule has 108 valence electrons. The van der Waals surface area contributed by atoms with Crippen molar-refractivity contribution in [3.05, 3.63) is 59.7 Å². The van der Waals surface area contributed by atoms with Gasteiger partial charge in [-0.15, -0.1) is 0 Å². The average molecular weight is 280 g/mol. The number of likely N-dealkylation sites (N-methyl/N-ethyl adjacent to an activating group) is 1. The third-order valence-electron chi connectivity index (χ3n) is 3.83. The van der Waals surface area contributed by atoms with E-state index in [9.17, 15) is 4.79 Å². The van der Waals surface area contributed by atoms with Crippen LogP contribution in [0, 0.1) is 0 Å². The number of hydrogen-bond donors (Lipinski definition) is 0. The molecule has 0 aliphatic carbocycles. The second-order valence-electron chi connectivity index (χ2n) is 5.72. The first-order valence-corrected chi connectivity index (χ1v) is 7.30. The van der Waals surface area contributed by atoms with Gasteiger partial charge in [-0.3, -0.25) is 9.69 Å². The summed E-state index contributed by atoms with van der Waals surface area (Å²) in [5, 5.41) is 0. The Balaban J connectivity index is 2.13. The molecule has 3 heteroatoms. The molecule has 1 aliphatic rings. The van der Waals surface area contributed by atoms with Gasteiger partial charge in [0.05, 0.1) is 17.9 Å². The smallest absolute Gasteiger partial charge is 0.245 e. The summed E-state index contributed by atoms with van der Waals surface area (Å²) in [6, 6.07) is 16.4. The second kappa shape index (κ2) is 5.70. The molecule has 0 bridgehead atoms. The molecule has 2 aromatic carbocycles. The zero-order chi connectivity index (χ0) is 14.8. The predicted octanol–water partition coefficient (Wildman–Crippen LogP) is 3.01. The van der Waals surface area contributed by atoms with E-state index in [1.165, 1.54) is 11.1 Å². The lowest BCUT2D eigenvalue weighted by Crippen LogP contribution is -2.35. The number of para-hydroxylation sites is 2. The topological polar surface area (TPSA) is 23.6 Å². The van der Waals surface area contributed by atoms with E-state index in [2.05, 4.69) is 12.1 Å². The standard InChI is InChI=1S/C18H20N2O/c1-19(2)13-18(21)20-16-9-5-3-7-14(16)11-12-15-8-4-6-10-17(15)20/h3-10H,11-13H2,1-2H3. The number of benzene rings is 2. The van der Waals surface area contributed by atoms with Crippen LogP contribution in [-0.2, 0) is 17.6 Å². The Morgan fingerprint density at radius 3 is 1.90 bits per heavy atom. The second-order valence-corrected chi connectivity index (χ2v) is 5.72. The van der Waals surface area contributed by atoms with Crippen molar-refractivity contribution >= 4 is 17.3 Å². The molecule has 0 radical (unpaired) electrons. The molecular weight excluding hydrogens is 260 g/mol. The Morgan fingerprint density at radius 1 is 0.952 bits per heavy atom. The van der Waals surface area contributed by atoms with Crippen molar-refractivity contribution in [3.63, 3.8) is 0 Å². The number of aryl methyl sites for hydroxylation is 2. The Hall–Kier alpha value is -2.13. The van der Waals surface area contributed by atoms with Crippen LogP contribution < -0.4 is 4.90 Å². The van der Waals surface area contributed by atoms with E-state index in [1.54, 1.807) is 0 Å². The first kappa shape index (κ1) is 13.8. The van der Waals surface area contributed by atoms with Crippen molar-refractivity contribution in [2.24, 2.45) is 0 Å². The van der Waals surface area contributed by atoms with Crippen LogP contribution in [0.1, 0.15) is 11.1 Å². The van der Waals surface area contributed by atoms with E-state index < -0.39 is 0 Å². The largest absolute Gasteiger partial charge is 0.301 e. The number of hydrogen-bond acceptors (Lipinski definition) is 2.